The molecule has 1 amide bonds. The highest BCUT2D eigenvalue weighted by Gasteiger charge is 2.15. The molecule has 4 heteroatoms. The maximum Gasteiger partial charge on any atom is 0.270 e. The van der Waals surface area contributed by atoms with Gasteiger partial charge < -0.3 is 5.32 Å². The topological polar surface area (TPSA) is 59.1 Å². The van der Waals surface area contributed by atoms with Crippen LogP contribution in [-0.2, 0) is 4.79 Å². The molecule has 0 aromatic carbocycles. The van der Waals surface area contributed by atoms with Gasteiger partial charge in [0.1, 0.15) is 5.69 Å². The molecule has 1 atom stereocenters. The fourth-order valence-electron chi connectivity index (χ4n) is 1.33. The fraction of sp³-hybridized carbons (Fsp3) is 0.417. The fourth-order valence-corrected chi connectivity index (χ4v) is 1.33. The summed E-state index contributed by atoms with van der Waals surface area (Å²) in [5.74, 6) is -0.293. The maximum atomic E-state index is 11.7. The Balaban J connectivity index is 2.69. The molecular weight excluding hydrogens is 204 g/mol. The van der Waals surface area contributed by atoms with Crippen molar-refractivity contribution in [1.82, 2.24) is 10.3 Å². The van der Waals surface area contributed by atoms with E-state index in [-0.39, 0.29) is 11.7 Å². The van der Waals surface area contributed by atoms with Gasteiger partial charge in [-0.05, 0) is 26.0 Å². The van der Waals surface area contributed by atoms with Gasteiger partial charge >= 0.3 is 0 Å². The van der Waals surface area contributed by atoms with Crippen LogP contribution in [0.25, 0.3) is 0 Å². The predicted molar refractivity (Wildman–Crippen MR) is 61.2 cm³/mol. The van der Waals surface area contributed by atoms with Crippen molar-refractivity contribution in [1.29, 1.82) is 0 Å². The van der Waals surface area contributed by atoms with Crippen molar-refractivity contribution in [2.75, 3.05) is 0 Å². The number of aryl methyl sites for hydroxylation is 1. The smallest absolute Gasteiger partial charge is 0.270 e. The van der Waals surface area contributed by atoms with E-state index in [9.17, 15) is 9.59 Å². The molecule has 16 heavy (non-hydrogen) atoms. The van der Waals surface area contributed by atoms with Crippen LogP contribution in [0.3, 0.4) is 0 Å². The zero-order valence-electron chi connectivity index (χ0n) is 9.78. The van der Waals surface area contributed by atoms with Gasteiger partial charge in [0.2, 0.25) is 0 Å². The molecule has 0 saturated heterocycles. The van der Waals surface area contributed by atoms with Crippen molar-refractivity contribution < 1.29 is 9.59 Å². The molecule has 0 spiro atoms. The van der Waals surface area contributed by atoms with Gasteiger partial charge in [-0.25, -0.2) is 4.98 Å². The molecule has 1 unspecified atom stereocenters. The summed E-state index contributed by atoms with van der Waals surface area (Å²) in [6, 6.07) is 4.76. The van der Waals surface area contributed by atoms with Crippen LogP contribution in [0, 0.1) is 6.92 Å². The monoisotopic (exact) mass is 220 g/mol. The standard InChI is InChI=1S/C12H16N2O2/c1-4-11(15)9(3)14-12(16)10-7-5-6-8(2)13-10/h5-7,9H,4H2,1-3H3,(H,14,16). The summed E-state index contributed by atoms with van der Waals surface area (Å²) in [4.78, 5) is 27.1. The van der Waals surface area contributed by atoms with Crippen LogP contribution in [0.4, 0.5) is 0 Å². The number of amides is 1. The van der Waals surface area contributed by atoms with Gasteiger partial charge in [0.25, 0.3) is 5.91 Å². The van der Waals surface area contributed by atoms with E-state index >= 15 is 0 Å². The molecule has 1 N–H and O–H groups in total. The zero-order chi connectivity index (χ0) is 12.1. The summed E-state index contributed by atoms with van der Waals surface area (Å²) < 4.78 is 0. The summed E-state index contributed by atoms with van der Waals surface area (Å²) in [5.41, 5.74) is 1.12. The minimum Gasteiger partial charge on any atom is -0.341 e. The molecule has 4 nitrogen and oxygen atoms in total. The number of carbonyl (C=O) groups is 2. The number of aromatic nitrogens is 1. The van der Waals surface area contributed by atoms with Crippen molar-refractivity contribution in [2.24, 2.45) is 0 Å². The first-order chi connectivity index (χ1) is 7.54. The third-order valence-corrected chi connectivity index (χ3v) is 2.30. The Kier molecular flexibility index (Phi) is 4.17. The molecule has 86 valence electrons. The summed E-state index contributed by atoms with van der Waals surface area (Å²) in [7, 11) is 0. The second kappa shape index (κ2) is 5.39. The number of carbonyl (C=O) groups excluding carboxylic acids is 2. The Morgan fingerprint density at radius 1 is 1.44 bits per heavy atom. The summed E-state index contributed by atoms with van der Waals surface area (Å²) in [5, 5.41) is 2.62. The third-order valence-electron chi connectivity index (χ3n) is 2.30. The lowest BCUT2D eigenvalue weighted by Crippen LogP contribution is -2.38. The van der Waals surface area contributed by atoms with Gasteiger partial charge in [0, 0.05) is 12.1 Å². The second-order valence-electron chi connectivity index (χ2n) is 3.68. The number of hydrogen-bond acceptors (Lipinski definition) is 3. The van der Waals surface area contributed by atoms with Crippen LogP contribution in [0.2, 0.25) is 0 Å². The Morgan fingerprint density at radius 3 is 2.69 bits per heavy atom. The van der Waals surface area contributed by atoms with E-state index in [1.54, 1.807) is 26.0 Å². The third kappa shape index (κ3) is 3.15. The maximum absolute atomic E-state index is 11.7. The first-order valence-corrected chi connectivity index (χ1v) is 5.31. The predicted octanol–water partition coefficient (Wildman–Crippen LogP) is 1.49. The number of rotatable bonds is 4. The number of hydrogen-bond donors (Lipinski definition) is 1. The van der Waals surface area contributed by atoms with Gasteiger partial charge in [-0.1, -0.05) is 13.0 Å². The normalized spacial score (nSPS) is 11.9. The van der Waals surface area contributed by atoms with E-state index < -0.39 is 6.04 Å². The number of nitrogens with one attached hydrogen (secondary N) is 1. The van der Waals surface area contributed by atoms with Crippen molar-refractivity contribution in [2.45, 2.75) is 33.2 Å². The quantitative estimate of drug-likeness (QED) is 0.836. The van der Waals surface area contributed by atoms with Gasteiger partial charge in [-0.2, -0.15) is 0 Å². The number of nitrogens with zero attached hydrogens (tertiary/aromatic N) is 1. The van der Waals surface area contributed by atoms with E-state index in [1.165, 1.54) is 0 Å². The van der Waals surface area contributed by atoms with Crippen molar-refractivity contribution >= 4 is 11.7 Å². The van der Waals surface area contributed by atoms with Crippen LogP contribution in [0.1, 0.15) is 36.5 Å². The molecule has 0 aliphatic heterocycles. The summed E-state index contributed by atoms with van der Waals surface area (Å²) in [6.07, 6.45) is 0.419. The summed E-state index contributed by atoms with van der Waals surface area (Å²) >= 11 is 0. The average Bonchev–Trinajstić information content (AvgIpc) is 2.27. The molecule has 1 heterocycles. The van der Waals surface area contributed by atoms with Crippen LogP contribution < -0.4 is 5.32 Å². The van der Waals surface area contributed by atoms with E-state index in [0.717, 1.165) is 5.69 Å². The second-order valence-corrected chi connectivity index (χ2v) is 3.68. The number of Topliss-reactive ketones (excluding diaryl/α,β-unsaturated/α-hetero) is 1. The van der Waals surface area contributed by atoms with Crippen LogP contribution in [-0.4, -0.2) is 22.7 Å². The lowest BCUT2D eigenvalue weighted by Gasteiger charge is -2.11. The average molecular weight is 220 g/mol. The van der Waals surface area contributed by atoms with E-state index in [4.69, 9.17) is 0 Å². The SMILES string of the molecule is CCC(=O)C(C)NC(=O)c1cccc(C)n1. The largest absolute Gasteiger partial charge is 0.341 e. The molecule has 0 fully saturated rings. The lowest BCUT2D eigenvalue weighted by molar-refractivity contribution is -0.120. The first kappa shape index (κ1) is 12.4. The molecule has 1 aromatic heterocycles. The van der Waals surface area contributed by atoms with E-state index in [2.05, 4.69) is 10.3 Å². The highest BCUT2D eigenvalue weighted by atomic mass is 16.2. The van der Waals surface area contributed by atoms with Crippen LogP contribution in [0.5, 0.6) is 0 Å². The van der Waals surface area contributed by atoms with Crippen LogP contribution >= 0.6 is 0 Å². The van der Waals surface area contributed by atoms with Crippen LogP contribution in [0.15, 0.2) is 18.2 Å². The molecular formula is C12H16N2O2. The van der Waals surface area contributed by atoms with Gasteiger partial charge in [-0.15, -0.1) is 0 Å². The Labute approximate surface area is 95.1 Å². The molecule has 1 aromatic rings. The zero-order valence-corrected chi connectivity index (χ0v) is 9.78. The van der Waals surface area contributed by atoms with E-state index in [0.29, 0.717) is 12.1 Å². The van der Waals surface area contributed by atoms with Crippen molar-refractivity contribution in [3.63, 3.8) is 0 Å². The molecule has 0 saturated carbocycles. The first-order valence-electron chi connectivity index (χ1n) is 5.31. The minimum absolute atomic E-state index is 0.0148. The minimum atomic E-state index is -0.459. The van der Waals surface area contributed by atoms with Gasteiger partial charge in [0.05, 0.1) is 6.04 Å². The van der Waals surface area contributed by atoms with E-state index in [1.807, 2.05) is 13.0 Å². The lowest BCUT2D eigenvalue weighted by atomic mass is 10.1. The number of pyridine rings is 1. The Hall–Kier alpha value is -1.71. The molecule has 0 bridgehead atoms. The molecule has 0 aliphatic carbocycles. The Morgan fingerprint density at radius 2 is 2.12 bits per heavy atom. The molecule has 0 aliphatic rings. The molecule has 0 radical (unpaired) electrons. The van der Waals surface area contributed by atoms with Crippen molar-refractivity contribution in [3.05, 3.63) is 29.6 Å². The van der Waals surface area contributed by atoms with Crippen molar-refractivity contribution in [3.8, 4) is 0 Å². The number of ketones is 1. The summed E-state index contributed by atoms with van der Waals surface area (Å²) in [6.45, 7) is 5.27. The van der Waals surface area contributed by atoms with Gasteiger partial charge in [0.15, 0.2) is 5.78 Å². The Bertz CT molecular complexity index is 402. The molecule has 1 rings (SSSR count). The highest BCUT2D eigenvalue weighted by Crippen LogP contribution is 1.99. The van der Waals surface area contributed by atoms with Gasteiger partial charge in [-0.3, -0.25) is 9.59 Å². The highest BCUT2D eigenvalue weighted by molar-refractivity contribution is 5.96.